The first-order valence-electron chi connectivity index (χ1n) is 3.47. The molecule has 14 heavy (non-hydrogen) atoms. The molecule has 0 aromatic rings. The van der Waals surface area contributed by atoms with Crippen molar-refractivity contribution in [1.82, 2.24) is 5.32 Å². The summed E-state index contributed by atoms with van der Waals surface area (Å²) >= 11 is 20.6. The number of rotatable bonds is 4. The lowest BCUT2D eigenvalue weighted by molar-refractivity contribution is 0.151. The van der Waals surface area contributed by atoms with Crippen LogP contribution in [-0.2, 0) is 4.74 Å². The number of carbonyl (C=O) groups is 1. The number of hydrogen-bond donors (Lipinski definition) is 1. The van der Waals surface area contributed by atoms with E-state index in [2.05, 4.69) is 28.9 Å². The van der Waals surface area contributed by atoms with Gasteiger partial charge in [0, 0.05) is 12.1 Å². The second kappa shape index (κ2) is 6.45. The maximum absolute atomic E-state index is 11.0. The van der Waals surface area contributed by atoms with Crippen LogP contribution < -0.4 is 5.32 Å². The van der Waals surface area contributed by atoms with Gasteiger partial charge in [0.2, 0.25) is 3.79 Å². The Morgan fingerprint density at radius 1 is 1.57 bits per heavy atom. The van der Waals surface area contributed by atoms with E-state index in [-0.39, 0.29) is 6.61 Å². The third kappa shape index (κ3) is 8.56. The molecule has 0 fully saturated rings. The predicted molar refractivity (Wildman–Crippen MR) is 62.2 cm³/mol. The number of allylic oxidation sites excluding steroid dienone is 1. The molecular formula is C7H8Cl3NO2S. The van der Waals surface area contributed by atoms with Crippen molar-refractivity contribution in [1.29, 1.82) is 0 Å². The Morgan fingerprint density at radius 2 is 2.14 bits per heavy atom. The Bertz CT molecular complexity index is 240. The second-order valence-electron chi connectivity index (χ2n) is 2.29. The quantitative estimate of drug-likeness (QED) is 0.634. The lowest BCUT2D eigenvalue weighted by Crippen LogP contribution is -2.27. The fraction of sp³-hybridized carbons (Fsp3) is 0.429. The number of halogens is 3. The van der Waals surface area contributed by atoms with Gasteiger partial charge in [-0.3, -0.25) is 5.32 Å². The summed E-state index contributed by atoms with van der Waals surface area (Å²) in [4.78, 5) is 11.0. The number of nitrogens with one attached hydrogen (secondary N) is 1. The van der Waals surface area contributed by atoms with Crippen LogP contribution in [0.5, 0.6) is 0 Å². The van der Waals surface area contributed by atoms with E-state index in [4.69, 9.17) is 34.8 Å². The van der Waals surface area contributed by atoms with Crippen LogP contribution in [0.2, 0.25) is 0 Å². The number of alkyl halides is 3. The maximum Gasteiger partial charge on any atom is 0.411 e. The molecule has 0 saturated heterocycles. The summed E-state index contributed by atoms with van der Waals surface area (Å²) in [7, 11) is 0. The summed E-state index contributed by atoms with van der Waals surface area (Å²) in [6.45, 7) is 3.19. The Hall–Kier alpha value is -0.0300. The van der Waals surface area contributed by atoms with Crippen LogP contribution in [0.4, 0.5) is 4.79 Å². The van der Waals surface area contributed by atoms with Gasteiger partial charge >= 0.3 is 6.09 Å². The van der Waals surface area contributed by atoms with E-state index in [1.165, 1.54) is 5.37 Å². The summed E-state index contributed by atoms with van der Waals surface area (Å²) in [6.07, 6.45) is -0.337. The Kier molecular flexibility index (Phi) is 6.44. The van der Waals surface area contributed by atoms with E-state index < -0.39 is 9.89 Å². The minimum atomic E-state index is -1.61. The molecule has 0 atom stereocenters. The van der Waals surface area contributed by atoms with Gasteiger partial charge in [0.05, 0.1) is 0 Å². The molecule has 7 heteroatoms. The minimum Gasteiger partial charge on any atom is -0.445 e. The van der Waals surface area contributed by atoms with Gasteiger partial charge in [0.1, 0.15) is 6.61 Å². The largest absolute Gasteiger partial charge is 0.445 e. The van der Waals surface area contributed by atoms with Crippen LogP contribution in [0.15, 0.2) is 12.3 Å². The lowest BCUT2D eigenvalue weighted by atomic mass is 10.4. The topological polar surface area (TPSA) is 38.3 Å². The van der Waals surface area contributed by atoms with Gasteiger partial charge in [0.15, 0.2) is 0 Å². The highest BCUT2D eigenvalue weighted by molar-refractivity contribution is 7.79. The van der Waals surface area contributed by atoms with Crippen LogP contribution in [-0.4, -0.2) is 21.9 Å². The highest BCUT2D eigenvalue weighted by atomic mass is 35.6. The number of amides is 1. The fourth-order valence-electron chi connectivity index (χ4n) is 0.479. The maximum atomic E-state index is 11.0. The van der Waals surface area contributed by atoms with Crippen LogP contribution >= 0.6 is 47.0 Å². The summed E-state index contributed by atoms with van der Waals surface area (Å²) in [5.74, 6) is 0. The molecule has 0 aliphatic carbocycles. The molecular weight excluding hydrogens is 269 g/mol. The van der Waals surface area contributed by atoms with Crippen molar-refractivity contribution >= 4 is 58.5 Å². The number of alkyl carbamates (subject to hydrolysis) is 1. The standard InChI is InChI=1S/C7H8Cl3NO2S/c1-5(2-3-14)11-6(12)13-4-7(8,9)10/h3H,1-2,4H2,(H,11,12). The third-order valence-electron chi connectivity index (χ3n) is 0.975. The molecule has 0 rings (SSSR count). The van der Waals surface area contributed by atoms with Gasteiger partial charge in [-0.05, 0) is 5.37 Å². The van der Waals surface area contributed by atoms with E-state index >= 15 is 0 Å². The first kappa shape index (κ1) is 14.0. The van der Waals surface area contributed by atoms with Crippen LogP contribution in [0, 0.1) is 0 Å². The van der Waals surface area contributed by atoms with Gasteiger partial charge in [-0.15, -0.1) is 0 Å². The first-order valence-corrected chi connectivity index (χ1v) is 5.07. The second-order valence-corrected chi connectivity index (χ2v) is 5.14. The molecule has 0 aliphatic heterocycles. The van der Waals surface area contributed by atoms with Gasteiger partial charge in [0.25, 0.3) is 0 Å². The number of hydrogen-bond acceptors (Lipinski definition) is 3. The summed E-state index contributed by atoms with van der Waals surface area (Å²) < 4.78 is 2.96. The van der Waals surface area contributed by atoms with Gasteiger partial charge < -0.3 is 4.74 Å². The van der Waals surface area contributed by atoms with Crippen molar-refractivity contribution in [2.24, 2.45) is 0 Å². The van der Waals surface area contributed by atoms with E-state index in [1.807, 2.05) is 0 Å². The van der Waals surface area contributed by atoms with E-state index in [0.717, 1.165) is 0 Å². The molecule has 3 nitrogen and oxygen atoms in total. The summed E-state index contributed by atoms with van der Waals surface area (Å²) in [5.41, 5.74) is 0.425. The van der Waals surface area contributed by atoms with Crippen molar-refractivity contribution in [3.05, 3.63) is 12.3 Å². The fourth-order valence-corrected chi connectivity index (χ4v) is 0.844. The lowest BCUT2D eigenvalue weighted by Gasteiger charge is -2.12. The van der Waals surface area contributed by atoms with Gasteiger partial charge in [-0.2, -0.15) is 0 Å². The molecule has 80 valence electrons. The van der Waals surface area contributed by atoms with Crippen molar-refractivity contribution in [2.75, 3.05) is 6.61 Å². The average Bonchev–Trinajstić information content (AvgIpc) is 2.00. The monoisotopic (exact) mass is 275 g/mol. The molecule has 0 bridgehead atoms. The molecule has 0 saturated carbocycles. The van der Waals surface area contributed by atoms with E-state index in [0.29, 0.717) is 12.1 Å². The molecule has 1 amide bonds. The Morgan fingerprint density at radius 3 is 2.57 bits per heavy atom. The van der Waals surface area contributed by atoms with Crippen molar-refractivity contribution in [3.63, 3.8) is 0 Å². The first-order chi connectivity index (χ1) is 6.35. The van der Waals surface area contributed by atoms with Crippen molar-refractivity contribution in [3.8, 4) is 0 Å². The molecule has 0 aromatic carbocycles. The average molecular weight is 277 g/mol. The zero-order valence-corrected chi connectivity index (χ0v) is 10.1. The zero-order chi connectivity index (χ0) is 11.2. The number of ether oxygens (including phenoxy) is 1. The molecule has 0 unspecified atom stereocenters. The van der Waals surface area contributed by atoms with E-state index in [9.17, 15) is 4.79 Å². The highest BCUT2D eigenvalue weighted by Gasteiger charge is 2.22. The van der Waals surface area contributed by atoms with Gasteiger partial charge in [-0.25, -0.2) is 4.79 Å². The highest BCUT2D eigenvalue weighted by Crippen LogP contribution is 2.25. The predicted octanol–water partition coefficient (Wildman–Crippen LogP) is 2.99. The van der Waals surface area contributed by atoms with Crippen LogP contribution in [0.3, 0.4) is 0 Å². The van der Waals surface area contributed by atoms with Crippen LogP contribution in [0.1, 0.15) is 6.42 Å². The molecule has 0 spiro atoms. The smallest absolute Gasteiger partial charge is 0.411 e. The third-order valence-corrected chi connectivity index (χ3v) is 1.47. The Labute approximate surface area is 102 Å². The summed E-state index contributed by atoms with van der Waals surface area (Å²) in [6, 6.07) is 0. The van der Waals surface area contributed by atoms with Crippen molar-refractivity contribution in [2.45, 2.75) is 10.2 Å². The number of carbonyl (C=O) groups excluding carboxylic acids is 1. The normalized spacial score (nSPS) is 10.5. The van der Waals surface area contributed by atoms with Gasteiger partial charge in [-0.1, -0.05) is 53.6 Å². The zero-order valence-electron chi connectivity index (χ0n) is 7.06. The molecule has 0 aliphatic rings. The van der Waals surface area contributed by atoms with E-state index in [1.54, 1.807) is 0 Å². The summed E-state index contributed by atoms with van der Waals surface area (Å²) in [5, 5.41) is 3.75. The molecule has 1 N–H and O–H groups in total. The molecule has 0 heterocycles. The van der Waals surface area contributed by atoms with Crippen molar-refractivity contribution < 1.29 is 9.53 Å². The number of thiocarbonyl (C=S) groups is 1. The SMILES string of the molecule is C=C(CC=S)NC(=O)OCC(Cl)(Cl)Cl. The minimum absolute atomic E-state index is 0.325. The van der Waals surface area contributed by atoms with Crippen LogP contribution in [0.25, 0.3) is 0 Å². The Balaban J connectivity index is 3.76. The molecule has 0 radical (unpaired) electrons. The molecule has 0 aromatic heterocycles.